The highest BCUT2D eigenvalue weighted by Crippen LogP contribution is 2.28. The Hall–Kier alpha value is -3.56. The molecule has 1 saturated heterocycles. The Bertz CT molecular complexity index is 1420. The highest BCUT2D eigenvalue weighted by molar-refractivity contribution is 9.10. The van der Waals surface area contributed by atoms with E-state index >= 15 is 0 Å². The second-order valence-electron chi connectivity index (χ2n) is 7.91. The fourth-order valence-corrected chi connectivity index (χ4v) is 4.45. The quantitative estimate of drug-likeness (QED) is 0.286. The number of carbonyl (C=O) groups excluding carboxylic acids is 2. The fourth-order valence-electron chi connectivity index (χ4n) is 3.92. The van der Waals surface area contributed by atoms with Crippen molar-refractivity contribution in [2.24, 2.45) is 0 Å². The Morgan fingerprint density at radius 2 is 1.79 bits per heavy atom. The van der Waals surface area contributed by atoms with Crippen LogP contribution < -0.4 is 10.2 Å². The van der Waals surface area contributed by atoms with Crippen molar-refractivity contribution in [3.63, 3.8) is 0 Å². The molecule has 2 heterocycles. The Morgan fingerprint density at radius 3 is 2.47 bits per heavy atom. The molecule has 1 aliphatic rings. The second-order valence-corrected chi connectivity index (χ2v) is 9.15. The number of hydrogen-bond acceptors (Lipinski definition) is 4. The minimum Gasteiger partial charge on any atom is -0.478 e. The lowest BCUT2D eigenvalue weighted by atomic mass is 10.1. The predicted molar refractivity (Wildman–Crippen MR) is 137 cm³/mol. The van der Waals surface area contributed by atoms with Crippen LogP contribution in [0.1, 0.15) is 32.9 Å². The number of benzene rings is 2. The Morgan fingerprint density at radius 1 is 1.06 bits per heavy atom. The minimum atomic E-state index is -1.13. The zero-order valence-corrected chi connectivity index (χ0v) is 21.0. The van der Waals surface area contributed by atoms with Gasteiger partial charge in [0, 0.05) is 21.5 Å². The summed E-state index contributed by atoms with van der Waals surface area (Å²) < 4.78 is 3.06. The van der Waals surface area contributed by atoms with E-state index in [0.29, 0.717) is 5.56 Å². The van der Waals surface area contributed by atoms with Crippen molar-refractivity contribution in [1.82, 2.24) is 9.88 Å². The van der Waals surface area contributed by atoms with E-state index in [1.54, 1.807) is 6.07 Å². The normalized spacial score (nSPS) is 15.1. The maximum Gasteiger partial charge on any atom is 0.335 e. The van der Waals surface area contributed by atoms with Crippen LogP contribution in [0.25, 0.3) is 11.8 Å². The first kappa shape index (κ1) is 23.6. The van der Waals surface area contributed by atoms with Crippen molar-refractivity contribution in [3.8, 4) is 5.69 Å². The summed E-state index contributed by atoms with van der Waals surface area (Å²) in [7, 11) is 0. The van der Waals surface area contributed by atoms with Gasteiger partial charge in [0.25, 0.3) is 11.8 Å². The molecule has 3 aromatic rings. The molecule has 34 heavy (non-hydrogen) atoms. The topological polar surface area (TPSA) is 91.6 Å². The molecular weight excluding hydrogens is 518 g/mol. The van der Waals surface area contributed by atoms with Gasteiger partial charge in [0.1, 0.15) is 5.57 Å². The number of aryl methyl sites for hydroxylation is 2. The number of rotatable bonds is 4. The number of carbonyl (C=O) groups is 3. The van der Waals surface area contributed by atoms with E-state index in [-0.39, 0.29) is 21.9 Å². The Kier molecular flexibility index (Phi) is 6.24. The SMILES string of the molecule is Cc1cc(-n2c(C)cc(C=C3C(=O)NC(=S)N(c4cccc(C(=O)O)c4)C3=O)c2C)ccc1Br. The maximum atomic E-state index is 13.3. The van der Waals surface area contributed by atoms with E-state index in [1.807, 2.05) is 39.0 Å². The van der Waals surface area contributed by atoms with Crippen LogP contribution in [-0.4, -0.2) is 32.6 Å². The molecule has 9 heteroatoms. The van der Waals surface area contributed by atoms with Crippen molar-refractivity contribution >= 4 is 62.8 Å². The van der Waals surface area contributed by atoms with Crippen molar-refractivity contribution in [3.05, 3.63) is 86.7 Å². The Labute approximate surface area is 209 Å². The van der Waals surface area contributed by atoms with Crippen LogP contribution >= 0.6 is 28.1 Å². The molecule has 2 aromatic carbocycles. The summed E-state index contributed by atoms with van der Waals surface area (Å²) in [5.74, 6) is -2.36. The molecule has 4 rings (SSSR count). The van der Waals surface area contributed by atoms with Crippen LogP contribution in [-0.2, 0) is 9.59 Å². The van der Waals surface area contributed by atoms with Gasteiger partial charge in [0.15, 0.2) is 5.11 Å². The van der Waals surface area contributed by atoms with E-state index in [4.69, 9.17) is 12.2 Å². The molecule has 0 radical (unpaired) electrons. The highest BCUT2D eigenvalue weighted by atomic mass is 79.9. The van der Waals surface area contributed by atoms with E-state index < -0.39 is 17.8 Å². The molecule has 2 N–H and O–H groups in total. The first-order valence-corrected chi connectivity index (χ1v) is 11.5. The van der Waals surface area contributed by atoms with Crippen LogP contribution in [0.5, 0.6) is 0 Å². The number of carboxylic acids is 1. The molecule has 1 aromatic heterocycles. The largest absolute Gasteiger partial charge is 0.478 e. The summed E-state index contributed by atoms with van der Waals surface area (Å²) in [4.78, 5) is 38.5. The van der Waals surface area contributed by atoms with Crippen LogP contribution in [0, 0.1) is 20.8 Å². The second kappa shape index (κ2) is 9.00. The van der Waals surface area contributed by atoms with Crippen LogP contribution in [0.4, 0.5) is 5.69 Å². The predicted octanol–water partition coefficient (Wildman–Crippen LogP) is 4.69. The summed E-state index contributed by atoms with van der Waals surface area (Å²) in [5, 5.41) is 11.7. The minimum absolute atomic E-state index is 0.00358. The summed E-state index contributed by atoms with van der Waals surface area (Å²) in [6.07, 6.45) is 1.54. The summed E-state index contributed by atoms with van der Waals surface area (Å²) in [5.41, 5.74) is 4.73. The molecule has 7 nitrogen and oxygen atoms in total. The van der Waals surface area contributed by atoms with Crippen LogP contribution in [0.15, 0.2) is 58.6 Å². The number of hydrogen-bond donors (Lipinski definition) is 2. The first-order chi connectivity index (χ1) is 16.1. The van der Waals surface area contributed by atoms with Gasteiger partial charge >= 0.3 is 5.97 Å². The van der Waals surface area contributed by atoms with Gasteiger partial charge in [0.2, 0.25) is 0 Å². The number of nitrogens with zero attached hydrogens (tertiary/aromatic N) is 2. The number of aromatic nitrogens is 1. The van der Waals surface area contributed by atoms with Gasteiger partial charge < -0.3 is 9.67 Å². The van der Waals surface area contributed by atoms with E-state index in [2.05, 4.69) is 31.9 Å². The zero-order valence-electron chi connectivity index (χ0n) is 18.5. The third-order valence-electron chi connectivity index (χ3n) is 5.62. The average molecular weight is 538 g/mol. The Balaban J connectivity index is 1.77. The number of halogens is 1. The molecular formula is C25H20BrN3O4S. The van der Waals surface area contributed by atoms with Crippen LogP contribution in [0.2, 0.25) is 0 Å². The smallest absolute Gasteiger partial charge is 0.335 e. The lowest BCUT2D eigenvalue weighted by molar-refractivity contribution is -0.122. The first-order valence-electron chi connectivity index (χ1n) is 10.3. The third-order valence-corrected chi connectivity index (χ3v) is 6.80. The van der Waals surface area contributed by atoms with Crippen molar-refractivity contribution in [1.29, 1.82) is 0 Å². The number of carboxylic acid groups (broad SMARTS) is 1. The number of amides is 2. The molecule has 1 aliphatic heterocycles. The molecule has 0 saturated carbocycles. The molecule has 1 fully saturated rings. The monoisotopic (exact) mass is 537 g/mol. The summed E-state index contributed by atoms with van der Waals surface area (Å²) >= 11 is 8.73. The molecule has 0 bridgehead atoms. The van der Waals surface area contributed by atoms with Crippen molar-refractivity contribution in [2.45, 2.75) is 20.8 Å². The molecule has 0 spiro atoms. The van der Waals surface area contributed by atoms with Gasteiger partial charge in [-0.05, 0) is 92.7 Å². The molecule has 172 valence electrons. The highest BCUT2D eigenvalue weighted by Gasteiger charge is 2.35. The third kappa shape index (κ3) is 4.20. The van der Waals surface area contributed by atoms with Gasteiger partial charge in [-0.15, -0.1) is 0 Å². The van der Waals surface area contributed by atoms with Gasteiger partial charge in [-0.3, -0.25) is 19.8 Å². The van der Waals surface area contributed by atoms with E-state index in [1.165, 1.54) is 24.3 Å². The number of aromatic carboxylic acids is 1. The molecule has 2 amide bonds. The van der Waals surface area contributed by atoms with Gasteiger partial charge in [0.05, 0.1) is 11.3 Å². The van der Waals surface area contributed by atoms with Gasteiger partial charge in [-0.25, -0.2) is 4.79 Å². The molecule has 0 unspecified atom stereocenters. The van der Waals surface area contributed by atoms with E-state index in [0.717, 1.165) is 32.0 Å². The van der Waals surface area contributed by atoms with E-state index in [9.17, 15) is 19.5 Å². The fraction of sp³-hybridized carbons (Fsp3) is 0.120. The van der Waals surface area contributed by atoms with Crippen molar-refractivity contribution in [2.75, 3.05) is 4.90 Å². The molecule has 0 atom stereocenters. The molecule has 0 aliphatic carbocycles. The maximum absolute atomic E-state index is 13.3. The number of anilines is 1. The van der Waals surface area contributed by atoms with Gasteiger partial charge in [-0.1, -0.05) is 22.0 Å². The average Bonchev–Trinajstić information content (AvgIpc) is 3.06. The lowest BCUT2D eigenvalue weighted by Gasteiger charge is -2.29. The standard InChI is InChI=1S/C25H20BrN3O4S/c1-13-9-19(7-8-21(13)26)28-14(2)10-17(15(28)3)12-20-22(30)27-25(34)29(23(20)31)18-6-4-5-16(11-18)24(32)33/h4-12H,1-3H3,(H,32,33)(H,27,30,34). The summed E-state index contributed by atoms with van der Waals surface area (Å²) in [6, 6.07) is 13.8. The van der Waals surface area contributed by atoms with Crippen molar-refractivity contribution < 1.29 is 19.5 Å². The number of nitrogens with one attached hydrogen (secondary N) is 1. The van der Waals surface area contributed by atoms with Crippen LogP contribution in [0.3, 0.4) is 0 Å². The summed E-state index contributed by atoms with van der Waals surface area (Å²) in [6.45, 7) is 5.88. The lowest BCUT2D eigenvalue weighted by Crippen LogP contribution is -2.54. The van der Waals surface area contributed by atoms with Gasteiger partial charge in [-0.2, -0.15) is 0 Å². The number of thiocarbonyl (C=S) groups is 1. The zero-order chi connectivity index (χ0) is 24.7.